The molecule has 0 bridgehead atoms. The summed E-state index contributed by atoms with van der Waals surface area (Å²) in [4.78, 5) is 15.7. The number of hydrogen-bond acceptors (Lipinski definition) is 4. The highest BCUT2D eigenvalue weighted by Gasteiger charge is 2.22. The molecule has 1 aromatic rings. The van der Waals surface area contributed by atoms with Gasteiger partial charge in [-0.3, -0.25) is 4.79 Å². The van der Waals surface area contributed by atoms with E-state index in [2.05, 4.69) is 15.5 Å². The maximum Gasteiger partial charge on any atom is 0.229 e. The Kier molecular flexibility index (Phi) is 4.07. The molecule has 0 atom stereocenters. The lowest BCUT2D eigenvalue weighted by atomic mass is 9.95. The lowest BCUT2D eigenvalue weighted by molar-refractivity contribution is -0.123. The van der Waals surface area contributed by atoms with Crippen LogP contribution in [0, 0.1) is 5.41 Å². The number of anilines is 1. The second kappa shape index (κ2) is 5.14. The van der Waals surface area contributed by atoms with Crippen LogP contribution >= 0.6 is 11.6 Å². The van der Waals surface area contributed by atoms with Gasteiger partial charge in [0.15, 0.2) is 5.15 Å². The van der Waals surface area contributed by atoms with E-state index in [9.17, 15) is 4.79 Å². The Morgan fingerprint density at radius 3 is 2.65 bits per heavy atom. The first-order valence-corrected chi connectivity index (χ1v) is 5.38. The minimum Gasteiger partial charge on any atom is -0.411 e. The van der Waals surface area contributed by atoms with Crippen molar-refractivity contribution in [1.82, 2.24) is 4.98 Å². The fraction of sp³-hybridized carbons (Fsp3) is 0.364. The summed E-state index contributed by atoms with van der Waals surface area (Å²) < 4.78 is 0. The standard InChI is InChI=1S/C11H14ClN3O2/c1-11(2,3)10(16)15-8-5-4-7(6-13-17)14-9(8)12/h4-6,17H,1-3H3,(H,15,16)/b13-6+. The number of pyridine rings is 1. The summed E-state index contributed by atoms with van der Waals surface area (Å²) in [7, 11) is 0. The molecule has 0 aromatic carbocycles. The third kappa shape index (κ3) is 3.71. The smallest absolute Gasteiger partial charge is 0.229 e. The molecule has 0 fully saturated rings. The van der Waals surface area contributed by atoms with Gasteiger partial charge in [0.05, 0.1) is 17.6 Å². The molecule has 0 unspecified atom stereocenters. The number of nitrogens with zero attached hydrogens (tertiary/aromatic N) is 2. The summed E-state index contributed by atoms with van der Waals surface area (Å²) in [5.41, 5.74) is 0.335. The molecule has 6 heteroatoms. The van der Waals surface area contributed by atoms with Crippen molar-refractivity contribution >= 4 is 29.4 Å². The van der Waals surface area contributed by atoms with Crippen LogP contribution in [0.1, 0.15) is 26.5 Å². The quantitative estimate of drug-likeness (QED) is 0.369. The largest absolute Gasteiger partial charge is 0.411 e. The normalized spacial score (nSPS) is 11.8. The first-order valence-electron chi connectivity index (χ1n) is 5.00. The molecule has 0 aliphatic carbocycles. The third-order valence-corrected chi connectivity index (χ3v) is 2.28. The number of oxime groups is 1. The minimum absolute atomic E-state index is 0.148. The van der Waals surface area contributed by atoms with Crippen LogP contribution < -0.4 is 5.32 Å². The Labute approximate surface area is 104 Å². The van der Waals surface area contributed by atoms with Crippen molar-refractivity contribution in [2.75, 3.05) is 5.32 Å². The number of carbonyl (C=O) groups excluding carboxylic acids is 1. The number of nitrogens with one attached hydrogen (secondary N) is 1. The predicted octanol–water partition coefficient (Wildman–Crippen LogP) is 2.53. The number of amides is 1. The maximum atomic E-state index is 11.7. The average Bonchev–Trinajstić information content (AvgIpc) is 2.21. The molecule has 0 aliphatic rings. The third-order valence-electron chi connectivity index (χ3n) is 1.99. The number of carbonyl (C=O) groups is 1. The summed E-state index contributed by atoms with van der Waals surface area (Å²) in [6.45, 7) is 5.41. The van der Waals surface area contributed by atoms with Gasteiger partial charge in [0.25, 0.3) is 0 Å². The fourth-order valence-electron chi connectivity index (χ4n) is 0.982. The molecule has 1 aromatic heterocycles. The van der Waals surface area contributed by atoms with E-state index in [1.165, 1.54) is 0 Å². The Balaban J connectivity index is 2.90. The summed E-state index contributed by atoms with van der Waals surface area (Å²) in [5.74, 6) is -0.148. The highest BCUT2D eigenvalue weighted by molar-refractivity contribution is 6.32. The predicted molar refractivity (Wildman–Crippen MR) is 66.7 cm³/mol. The Morgan fingerprint density at radius 1 is 1.53 bits per heavy atom. The fourth-order valence-corrected chi connectivity index (χ4v) is 1.19. The van der Waals surface area contributed by atoms with Crippen molar-refractivity contribution in [2.24, 2.45) is 10.6 Å². The zero-order valence-corrected chi connectivity index (χ0v) is 10.6. The van der Waals surface area contributed by atoms with E-state index in [1.807, 2.05) is 0 Å². The molecule has 0 aliphatic heterocycles. The molecule has 0 spiro atoms. The highest BCUT2D eigenvalue weighted by Crippen LogP contribution is 2.22. The van der Waals surface area contributed by atoms with Crippen LogP contribution in [-0.4, -0.2) is 22.3 Å². The van der Waals surface area contributed by atoms with Crippen LogP contribution in [0.25, 0.3) is 0 Å². The van der Waals surface area contributed by atoms with Crippen molar-refractivity contribution in [1.29, 1.82) is 0 Å². The van der Waals surface area contributed by atoms with Crippen molar-refractivity contribution in [3.63, 3.8) is 0 Å². The summed E-state index contributed by atoms with van der Waals surface area (Å²) in [6, 6.07) is 3.19. The van der Waals surface area contributed by atoms with Gasteiger partial charge in [0.2, 0.25) is 5.91 Å². The van der Waals surface area contributed by atoms with E-state index in [0.717, 1.165) is 6.21 Å². The van der Waals surface area contributed by atoms with E-state index >= 15 is 0 Å². The van der Waals surface area contributed by atoms with Gasteiger partial charge in [0.1, 0.15) is 0 Å². The van der Waals surface area contributed by atoms with E-state index in [0.29, 0.717) is 11.4 Å². The zero-order chi connectivity index (χ0) is 13.1. The number of rotatable bonds is 2. The molecule has 1 amide bonds. The highest BCUT2D eigenvalue weighted by atomic mass is 35.5. The Hall–Kier alpha value is -1.62. The van der Waals surface area contributed by atoms with E-state index in [1.54, 1.807) is 32.9 Å². The van der Waals surface area contributed by atoms with Crippen molar-refractivity contribution < 1.29 is 10.0 Å². The second-order valence-electron chi connectivity index (χ2n) is 4.52. The topological polar surface area (TPSA) is 74.6 Å². The lowest BCUT2D eigenvalue weighted by Crippen LogP contribution is -2.27. The molecule has 2 N–H and O–H groups in total. The van der Waals surface area contributed by atoms with Crippen molar-refractivity contribution in [3.05, 3.63) is 23.0 Å². The maximum absolute atomic E-state index is 11.7. The summed E-state index contributed by atoms with van der Waals surface area (Å²) >= 11 is 5.89. The zero-order valence-electron chi connectivity index (χ0n) is 9.86. The number of aromatic nitrogens is 1. The van der Waals surface area contributed by atoms with Gasteiger partial charge >= 0.3 is 0 Å². The van der Waals surface area contributed by atoms with Gasteiger partial charge in [-0.15, -0.1) is 0 Å². The molecule has 1 rings (SSSR count). The van der Waals surface area contributed by atoms with E-state index < -0.39 is 5.41 Å². The van der Waals surface area contributed by atoms with Crippen molar-refractivity contribution in [2.45, 2.75) is 20.8 Å². The van der Waals surface area contributed by atoms with Crippen LogP contribution in [0.5, 0.6) is 0 Å². The number of hydrogen-bond donors (Lipinski definition) is 2. The summed E-state index contributed by atoms with van der Waals surface area (Å²) in [5, 5.41) is 14.0. The molecular formula is C11H14ClN3O2. The molecule has 5 nitrogen and oxygen atoms in total. The Bertz CT molecular complexity index is 453. The summed E-state index contributed by atoms with van der Waals surface area (Å²) in [6.07, 6.45) is 1.15. The van der Waals surface area contributed by atoms with E-state index in [-0.39, 0.29) is 11.1 Å². The molecule has 0 saturated heterocycles. The van der Waals surface area contributed by atoms with Crippen molar-refractivity contribution in [3.8, 4) is 0 Å². The van der Waals surface area contributed by atoms with Crippen LogP contribution in [0.3, 0.4) is 0 Å². The number of halogens is 1. The first kappa shape index (κ1) is 13.4. The van der Waals surface area contributed by atoms with Gasteiger partial charge < -0.3 is 10.5 Å². The second-order valence-corrected chi connectivity index (χ2v) is 4.88. The first-order chi connectivity index (χ1) is 7.84. The molecule has 17 heavy (non-hydrogen) atoms. The molecule has 0 radical (unpaired) electrons. The van der Waals surface area contributed by atoms with Crippen LogP contribution in [0.2, 0.25) is 5.15 Å². The monoisotopic (exact) mass is 255 g/mol. The SMILES string of the molecule is CC(C)(C)C(=O)Nc1ccc(/C=N/O)nc1Cl. The van der Waals surface area contributed by atoms with Gasteiger partial charge in [-0.2, -0.15) is 0 Å². The molecular weight excluding hydrogens is 242 g/mol. The molecule has 92 valence electrons. The van der Waals surface area contributed by atoms with Gasteiger partial charge in [-0.05, 0) is 12.1 Å². The van der Waals surface area contributed by atoms with Crippen LogP contribution in [0.15, 0.2) is 17.3 Å². The van der Waals surface area contributed by atoms with E-state index in [4.69, 9.17) is 16.8 Å². The molecule has 0 saturated carbocycles. The lowest BCUT2D eigenvalue weighted by Gasteiger charge is -2.18. The minimum atomic E-state index is -0.505. The van der Waals surface area contributed by atoms with Gasteiger partial charge in [0, 0.05) is 5.41 Å². The van der Waals surface area contributed by atoms with Crippen LogP contribution in [0.4, 0.5) is 5.69 Å². The Morgan fingerprint density at radius 2 is 2.18 bits per heavy atom. The molecule has 1 heterocycles. The average molecular weight is 256 g/mol. The van der Waals surface area contributed by atoms with Gasteiger partial charge in [-0.1, -0.05) is 37.5 Å². The van der Waals surface area contributed by atoms with Crippen LogP contribution in [-0.2, 0) is 4.79 Å². The van der Waals surface area contributed by atoms with Gasteiger partial charge in [-0.25, -0.2) is 4.98 Å².